The number of carbonyl (C=O) groups is 3. The summed E-state index contributed by atoms with van der Waals surface area (Å²) in [7, 11) is 0. The van der Waals surface area contributed by atoms with Crippen molar-refractivity contribution in [2.75, 3.05) is 6.54 Å². The Morgan fingerprint density at radius 2 is 1.43 bits per heavy atom. The molecule has 1 aliphatic rings. The third-order valence-corrected chi connectivity index (χ3v) is 3.26. The van der Waals surface area contributed by atoms with Gasteiger partial charge in [-0.1, -0.05) is 0 Å². The van der Waals surface area contributed by atoms with Crippen molar-refractivity contribution in [1.29, 1.82) is 0 Å². The van der Waals surface area contributed by atoms with E-state index >= 15 is 0 Å². The van der Waals surface area contributed by atoms with Crippen LogP contribution in [-0.4, -0.2) is 44.5 Å². The zero-order chi connectivity index (χ0) is 15.3. The number of carboxylic acids is 1. The van der Waals surface area contributed by atoms with Gasteiger partial charge in [-0.05, 0) is 29.7 Å². The first-order valence-corrected chi connectivity index (χ1v) is 5.96. The van der Waals surface area contributed by atoms with Gasteiger partial charge in [-0.15, -0.1) is 0 Å². The third-order valence-electron chi connectivity index (χ3n) is 3.26. The molecule has 0 unspecified atom stereocenters. The number of imide groups is 1. The Morgan fingerprint density at radius 3 is 1.86 bits per heavy atom. The Hall–Kier alpha value is -3.09. The van der Waals surface area contributed by atoms with Crippen molar-refractivity contribution in [2.24, 2.45) is 0 Å². The predicted molar refractivity (Wildman–Crippen MR) is 70.3 cm³/mol. The van der Waals surface area contributed by atoms with Crippen LogP contribution >= 0.6 is 0 Å². The number of aromatic hydroxyl groups is 2. The van der Waals surface area contributed by atoms with Crippen molar-refractivity contribution in [3.05, 3.63) is 35.4 Å². The molecular weight excluding hydrogens is 278 g/mol. The number of nitrogens with zero attached hydrogens (tertiary/aromatic N) is 1. The predicted octanol–water partition coefficient (Wildman–Crippen LogP) is 0.932. The second-order valence-corrected chi connectivity index (χ2v) is 4.67. The standard InChI is InChI=1S/C14H9NO6/c16-7-1-6-2-8(17)4-10-12(6)9(3-7)13(20)15(14(10)21)5-11(18)19/h1-4,16-17H,5H2,(H,18,19). The summed E-state index contributed by atoms with van der Waals surface area (Å²) in [6, 6.07) is 4.98. The zero-order valence-electron chi connectivity index (χ0n) is 10.5. The van der Waals surface area contributed by atoms with Crippen molar-refractivity contribution in [2.45, 2.75) is 0 Å². The van der Waals surface area contributed by atoms with Crippen molar-refractivity contribution in [1.82, 2.24) is 4.90 Å². The molecule has 1 heterocycles. The minimum Gasteiger partial charge on any atom is -0.508 e. The smallest absolute Gasteiger partial charge is 0.323 e. The summed E-state index contributed by atoms with van der Waals surface area (Å²) in [5.74, 6) is -3.35. The summed E-state index contributed by atoms with van der Waals surface area (Å²) in [6.07, 6.45) is 0. The molecule has 2 aromatic carbocycles. The Labute approximate surface area is 117 Å². The van der Waals surface area contributed by atoms with Crippen LogP contribution in [0, 0.1) is 0 Å². The van der Waals surface area contributed by atoms with Crippen LogP contribution in [-0.2, 0) is 4.79 Å². The zero-order valence-corrected chi connectivity index (χ0v) is 10.5. The van der Waals surface area contributed by atoms with E-state index in [9.17, 15) is 24.6 Å². The fourth-order valence-corrected chi connectivity index (χ4v) is 2.48. The van der Waals surface area contributed by atoms with Gasteiger partial charge in [-0.3, -0.25) is 19.3 Å². The summed E-state index contributed by atoms with van der Waals surface area (Å²) >= 11 is 0. The number of phenols is 2. The summed E-state index contributed by atoms with van der Waals surface area (Å²) in [4.78, 5) is 35.9. The molecule has 21 heavy (non-hydrogen) atoms. The van der Waals surface area contributed by atoms with E-state index in [-0.39, 0.29) is 22.6 Å². The molecular formula is C14H9NO6. The maximum absolute atomic E-state index is 12.3. The van der Waals surface area contributed by atoms with Crippen molar-refractivity contribution in [3.8, 4) is 11.5 Å². The minimum absolute atomic E-state index is 0.0286. The van der Waals surface area contributed by atoms with Gasteiger partial charge in [-0.2, -0.15) is 0 Å². The minimum atomic E-state index is -1.34. The molecule has 7 heteroatoms. The molecule has 106 valence electrons. The molecule has 2 aromatic rings. The van der Waals surface area contributed by atoms with Crippen LogP contribution in [0.2, 0.25) is 0 Å². The van der Waals surface area contributed by atoms with E-state index in [1.54, 1.807) is 0 Å². The lowest BCUT2D eigenvalue weighted by molar-refractivity contribution is -0.137. The molecule has 0 radical (unpaired) electrons. The largest absolute Gasteiger partial charge is 0.508 e. The van der Waals surface area contributed by atoms with Gasteiger partial charge in [-0.25, -0.2) is 0 Å². The molecule has 3 N–H and O–H groups in total. The van der Waals surface area contributed by atoms with E-state index in [4.69, 9.17) is 5.11 Å². The first-order chi connectivity index (χ1) is 9.88. The Balaban J connectivity index is 2.34. The number of carbonyl (C=O) groups excluding carboxylic acids is 2. The second kappa shape index (κ2) is 4.20. The van der Waals surface area contributed by atoms with Gasteiger partial charge in [0.15, 0.2) is 0 Å². The second-order valence-electron chi connectivity index (χ2n) is 4.67. The highest BCUT2D eigenvalue weighted by Gasteiger charge is 2.34. The molecule has 0 saturated heterocycles. The van der Waals surface area contributed by atoms with Crippen LogP contribution in [0.15, 0.2) is 24.3 Å². The van der Waals surface area contributed by atoms with Crippen LogP contribution in [0.25, 0.3) is 10.8 Å². The van der Waals surface area contributed by atoms with Crippen LogP contribution in [0.3, 0.4) is 0 Å². The van der Waals surface area contributed by atoms with E-state index in [0.717, 1.165) is 0 Å². The summed E-state index contributed by atoms with van der Waals surface area (Å²) in [5, 5.41) is 28.7. The highest BCUT2D eigenvalue weighted by atomic mass is 16.4. The molecule has 0 saturated carbocycles. The van der Waals surface area contributed by atoms with Crippen LogP contribution in [0.5, 0.6) is 11.5 Å². The van der Waals surface area contributed by atoms with E-state index in [1.807, 2.05) is 0 Å². The maximum Gasteiger partial charge on any atom is 0.323 e. The molecule has 1 aliphatic heterocycles. The molecule has 7 nitrogen and oxygen atoms in total. The quantitative estimate of drug-likeness (QED) is 0.708. The highest BCUT2D eigenvalue weighted by Crippen LogP contribution is 2.35. The van der Waals surface area contributed by atoms with E-state index in [1.165, 1.54) is 24.3 Å². The number of amides is 2. The van der Waals surface area contributed by atoms with E-state index in [2.05, 4.69) is 0 Å². The van der Waals surface area contributed by atoms with Gasteiger partial charge in [0.2, 0.25) is 0 Å². The summed E-state index contributed by atoms with van der Waals surface area (Å²) < 4.78 is 0. The topological polar surface area (TPSA) is 115 Å². The first-order valence-electron chi connectivity index (χ1n) is 5.96. The molecule has 3 rings (SSSR count). The fourth-order valence-electron chi connectivity index (χ4n) is 2.48. The molecule has 0 aromatic heterocycles. The average molecular weight is 287 g/mol. The van der Waals surface area contributed by atoms with Crippen LogP contribution in [0.4, 0.5) is 0 Å². The lowest BCUT2D eigenvalue weighted by atomic mass is 9.93. The van der Waals surface area contributed by atoms with Gasteiger partial charge in [0.05, 0.1) is 11.1 Å². The SMILES string of the molecule is O=C(O)CN1C(=O)c2cc(O)cc3cc(O)cc(c23)C1=O. The average Bonchev–Trinajstić information content (AvgIpc) is 2.39. The van der Waals surface area contributed by atoms with Crippen molar-refractivity contribution >= 4 is 28.6 Å². The number of rotatable bonds is 2. The number of hydrogen-bond acceptors (Lipinski definition) is 5. The Bertz CT molecular complexity index is 769. The van der Waals surface area contributed by atoms with E-state index < -0.39 is 24.3 Å². The van der Waals surface area contributed by atoms with Gasteiger partial charge in [0, 0.05) is 5.39 Å². The number of phenolic OH excluding ortho intramolecular Hbond substituents is 2. The molecule has 0 bridgehead atoms. The molecule has 2 amide bonds. The molecule has 0 atom stereocenters. The summed E-state index contributed by atoms with van der Waals surface area (Å²) in [6.45, 7) is -0.788. The maximum atomic E-state index is 12.3. The number of hydrogen-bond donors (Lipinski definition) is 3. The Morgan fingerprint density at radius 1 is 0.952 bits per heavy atom. The van der Waals surface area contributed by atoms with Crippen molar-refractivity contribution in [3.63, 3.8) is 0 Å². The number of carboxylic acid groups (broad SMARTS) is 1. The normalized spacial score (nSPS) is 13.8. The number of benzene rings is 2. The molecule has 0 spiro atoms. The lowest BCUT2D eigenvalue weighted by Gasteiger charge is -2.26. The Kier molecular flexibility index (Phi) is 2.59. The number of aliphatic carboxylic acids is 1. The van der Waals surface area contributed by atoms with Gasteiger partial charge >= 0.3 is 5.97 Å². The van der Waals surface area contributed by atoms with E-state index in [0.29, 0.717) is 15.7 Å². The molecule has 0 aliphatic carbocycles. The fraction of sp³-hybridized carbons (Fsp3) is 0.0714. The van der Waals surface area contributed by atoms with Gasteiger partial charge in [0.25, 0.3) is 11.8 Å². The molecule has 0 fully saturated rings. The summed E-state index contributed by atoms with van der Waals surface area (Å²) in [5.41, 5.74) is 0.0571. The first kappa shape index (κ1) is 12.9. The monoisotopic (exact) mass is 287 g/mol. The van der Waals surface area contributed by atoms with Gasteiger partial charge < -0.3 is 15.3 Å². The van der Waals surface area contributed by atoms with Crippen LogP contribution in [0.1, 0.15) is 20.7 Å². The van der Waals surface area contributed by atoms with Gasteiger partial charge in [0.1, 0.15) is 18.0 Å². The lowest BCUT2D eigenvalue weighted by Crippen LogP contribution is -2.43. The third kappa shape index (κ3) is 1.86. The van der Waals surface area contributed by atoms with Crippen molar-refractivity contribution < 1.29 is 29.7 Å². The highest BCUT2D eigenvalue weighted by molar-refractivity contribution is 6.26. The van der Waals surface area contributed by atoms with Crippen LogP contribution < -0.4 is 0 Å².